The van der Waals surface area contributed by atoms with Crippen LogP contribution in [0.4, 0.5) is 4.79 Å². The molecule has 1 unspecified atom stereocenters. The lowest BCUT2D eigenvalue weighted by Gasteiger charge is -2.24. The Kier molecular flexibility index (Phi) is 6.16. The summed E-state index contributed by atoms with van der Waals surface area (Å²) in [6, 6.07) is 16.9. The van der Waals surface area contributed by atoms with Crippen LogP contribution >= 0.6 is 0 Å². The average molecular weight is 434 g/mol. The summed E-state index contributed by atoms with van der Waals surface area (Å²) in [4.78, 5) is 27.5. The molecule has 2 aromatic carbocycles. The molecule has 0 radical (unpaired) electrons. The zero-order chi connectivity index (χ0) is 22.7. The van der Waals surface area contributed by atoms with Gasteiger partial charge in [0.1, 0.15) is 5.75 Å². The maximum atomic E-state index is 13.3. The first-order valence-corrected chi connectivity index (χ1v) is 10.6. The fourth-order valence-corrected chi connectivity index (χ4v) is 3.87. The second-order valence-corrected chi connectivity index (χ2v) is 7.96. The minimum Gasteiger partial charge on any atom is -0.497 e. The molecular formula is C25H27N3O4. The van der Waals surface area contributed by atoms with Crippen molar-refractivity contribution in [2.45, 2.75) is 26.3 Å². The number of rotatable bonds is 7. The van der Waals surface area contributed by atoms with Crippen LogP contribution in [-0.4, -0.2) is 42.0 Å². The largest absolute Gasteiger partial charge is 0.497 e. The number of urea groups is 1. The molecule has 1 N–H and O–H groups in total. The number of nitrogens with zero attached hydrogens (tertiary/aromatic N) is 2. The number of benzene rings is 2. The monoisotopic (exact) mass is 433 g/mol. The molecule has 3 aromatic rings. The van der Waals surface area contributed by atoms with Crippen LogP contribution < -0.4 is 10.2 Å². The number of amides is 3. The zero-order valence-electron chi connectivity index (χ0n) is 18.5. The highest BCUT2D eigenvalue weighted by molar-refractivity contribution is 5.93. The molecule has 32 heavy (non-hydrogen) atoms. The van der Waals surface area contributed by atoms with Gasteiger partial charge in [-0.3, -0.25) is 10.2 Å². The van der Waals surface area contributed by atoms with E-state index >= 15 is 0 Å². The van der Waals surface area contributed by atoms with Crippen LogP contribution in [0, 0.1) is 13.8 Å². The third-order valence-electron chi connectivity index (χ3n) is 5.91. The van der Waals surface area contributed by atoms with Gasteiger partial charge in [0.25, 0.3) is 0 Å². The van der Waals surface area contributed by atoms with E-state index in [1.807, 2.05) is 29.2 Å². The van der Waals surface area contributed by atoms with Crippen LogP contribution in [0.1, 0.15) is 38.9 Å². The summed E-state index contributed by atoms with van der Waals surface area (Å²) in [5.74, 6) is 0.516. The lowest BCUT2D eigenvalue weighted by molar-refractivity contribution is 0.0816. The second kappa shape index (κ2) is 9.18. The molecule has 1 aliphatic rings. The number of furan rings is 1. The van der Waals surface area contributed by atoms with Gasteiger partial charge in [0, 0.05) is 6.54 Å². The minimum atomic E-state index is -0.445. The molecule has 1 saturated heterocycles. The number of carbonyl (C=O) groups excluding carboxylic acids is 2. The Morgan fingerprint density at radius 2 is 1.91 bits per heavy atom. The number of methoxy groups -OCH3 is 1. The van der Waals surface area contributed by atoms with Gasteiger partial charge in [0.2, 0.25) is 0 Å². The van der Waals surface area contributed by atoms with Crippen molar-refractivity contribution >= 4 is 11.9 Å². The van der Waals surface area contributed by atoms with Crippen molar-refractivity contribution in [3.05, 3.63) is 88.9 Å². The molecule has 1 aromatic heterocycles. The summed E-state index contributed by atoms with van der Waals surface area (Å²) >= 11 is 0. The van der Waals surface area contributed by atoms with Gasteiger partial charge in [-0.1, -0.05) is 30.3 Å². The molecule has 166 valence electrons. The van der Waals surface area contributed by atoms with Gasteiger partial charge in [-0.15, -0.1) is 0 Å². The van der Waals surface area contributed by atoms with Crippen molar-refractivity contribution in [2.24, 2.45) is 0 Å². The highest BCUT2D eigenvalue weighted by Crippen LogP contribution is 2.30. The number of hydrazine groups is 1. The van der Waals surface area contributed by atoms with Crippen molar-refractivity contribution in [3.63, 3.8) is 0 Å². The van der Waals surface area contributed by atoms with E-state index in [-0.39, 0.29) is 17.8 Å². The molecule has 2 heterocycles. The van der Waals surface area contributed by atoms with E-state index in [2.05, 4.69) is 37.5 Å². The quantitative estimate of drug-likeness (QED) is 0.604. The van der Waals surface area contributed by atoms with Crippen molar-refractivity contribution < 1.29 is 18.7 Å². The molecule has 0 saturated carbocycles. The Balaban J connectivity index is 1.54. The first-order chi connectivity index (χ1) is 15.5. The number of hydrogen-bond donors (Lipinski definition) is 1. The topological polar surface area (TPSA) is 75.0 Å². The van der Waals surface area contributed by atoms with Crippen LogP contribution in [0.5, 0.6) is 5.75 Å². The van der Waals surface area contributed by atoms with E-state index in [4.69, 9.17) is 9.15 Å². The van der Waals surface area contributed by atoms with Crippen LogP contribution in [-0.2, 0) is 6.42 Å². The number of nitrogens with one attached hydrogen (secondary N) is 1. The third kappa shape index (κ3) is 4.46. The van der Waals surface area contributed by atoms with Crippen molar-refractivity contribution in [3.8, 4) is 5.75 Å². The lowest BCUT2D eigenvalue weighted by atomic mass is 10.0. The first kappa shape index (κ1) is 21.5. The Morgan fingerprint density at radius 1 is 1.12 bits per heavy atom. The molecule has 0 bridgehead atoms. The van der Waals surface area contributed by atoms with E-state index in [0.29, 0.717) is 19.5 Å². The van der Waals surface area contributed by atoms with Gasteiger partial charge in [-0.2, -0.15) is 0 Å². The maximum absolute atomic E-state index is 13.3. The predicted octanol–water partition coefficient (Wildman–Crippen LogP) is 4.27. The Labute approximate surface area is 187 Å². The molecule has 0 spiro atoms. The van der Waals surface area contributed by atoms with Crippen LogP contribution in [0.25, 0.3) is 0 Å². The molecule has 7 heteroatoms. The van der Waals surface area contributed by atoms with Gasteiger partial charge in [-0.05, 0) is 66.8 Å². The Hall–Kier alpha value is -3.74. The van der Waals surface area contributed by atoms with E-state index in [1.165, 1.54) is 22.4 Å². The maximum Gasteiger partial charge on any atom is 0.339 e. The van der Waals surface area contributed by atoms with Gasteiger partial charge < -0.3 is 14.1 Å². The van der Waals surface area contributed by atoms with Crippen LogP contribution in [0.15, 0.2) is 65.3 Å². The summed E-state index contributed by atoms with van der Waals surface area (Å²) in [7, 11) is 1.64. The van der Waals surface area contributed by atoms with Gasteiger partial charge in [-0.25, -0.2) is 9.80 Å². The molecule has 1 aliphatic heterocycles. The molecule has 7 nitrogen and oxygen atoms in total. The first-order valence-electron chi connectivity index (χ1n) is 10.6. The highest BCUT2D eigenvalue weighted by Gasteiger charge is 2.39. The average Bonchev–Trinajstić information content (AvgIpc) is 3.44. The van der Waals surface area contributed by atoms with Gasteiger partial charge >= 0.3 is 11.9 Å². The molecular weight excluding hydrogens is 406 g/mol. The van der Waals surface area contributed by atoms with E-state index < -0.39 is 5.91 Å². The lowest BCUT2D eigenvalue weighted by Crippen LogP contribution is -2.45. The predicted molar refractivity (Wildman–Crippen MR) is 120 cm³/mol. The van der Waals surface area contributed by atoms with Crippen molar-refractivity contribution in [2.75, 3.05) is 20.2 Å². The standard InChI is InChI=1S/C25H27N3O4/c1-17-6-9-20(15-18(17)2)22-16-28(26-24(29)23-5-4-14-32-23)25(30)27(22)13-12-19-7-10-21(31-3)11-8-19/h4-11,14-15,22H,12-13,16H2,1-3H3,(H,26,29). The Morgan fingerprint density at radius 3 is 2.56 bits per heavy atom. The van der Waals surface area contributed by atoms with E-state index in [9.17, 15) is 9.59 Å². The smallest absolute Gasteiger partial charge is 0.339 e. The van der Waals surface area contributed by atoms with E-state index in [0.717, 1.165) is 16.9 Å². The number of aryl methyl sites for hydroxylation is 2. The van der Waals surface area contributed by atoms with Gasteiger partial charge in [0.15, 0.2) is 5.76 Å². The molecule has 0 aliphatic carbocycles. The summed E-state index contributed by atoms with van der Waals surface area (Å²) < 4.78 is 10.4. The van der Waals surface area contributed by atoms with E-state index in [1.54, 1.807) is 19.2 Å². The fraction of sp³-hybridized carbons (Fsp3) is 0.280. The van der Waals surface area contributed by atoms with Crippen molar-refractivity contribution in [1.29, 1.82) is 0 Å². The Bertz CT molecular complexity index is 1090. The zero-order valence-corrected chi connectivity index (χ0v) is 18.5. The summed E-state index contributed by atoms with van der Waals surface area (Å²) in [6.45, 7) is 5.01. The number of ether oxygens (including phenoxy) is 1. The highest BCUT2D eigenvalue weighted by atomic mass is 16.5. The van der Waals surface area contributed by atoms with Crippen LogP contribution in [0.3, 0.4) is 0 Å². The summed E-state index contributed by atoms with van der Waals surface area (Å²) in [5, 5.41) is 1.37. The minimum absolute atomic E-state index is 0.164. The van der Waals surface area contributed by atoms with Gasteiger partial charge in [0.05, 0.1) is 26.0 Å². The SMILES string of the molecule is COc1ccc(CCN2C(=O)N(NC(=O)c3ccco3)CC2c2ccc(C)c(C)c2)cc1. The normalized spacial score (nSPS) is 15.8. The van der Waals surface area contributed by atoms with Crippen LogP contribution in [0.2, 0.25) is 0 Å². The third-order valence-corrected chi connectivity index (χ3v) is 5.91. The number of hydrogen-bond acceptors (Lipinski definition) is 4. The molecule has 3 amide bonds. The summed E-state index contributed by atoms with van der Waals surface area (Å²) in [6.07, 6.45) is 2.12. The second-order valence-electron chi connectivity index (χ2n) is 7.96. The molecule has 1 atom stereocenters. The van der Waals surface area contributed by atoms with Crippen molar-refractivity contribution in [1.82, 2.24) is 15.3 Å². The fourth-order valence-electron chi connectivity index (χ4n) is 3.87. The molecule has 4 rings (SSSR count). The number of carbonyl (C=O) groups is 2. The summed E-state index contributed by atoms with van der Waals surface area (Å²) in [5.41, 5.74) is 7.22. The molecule has 1 fully saturated rings.